The molecule has 0 spiro atoms. The molecule has 0 saturated carbocycles. The van der Waals surface area contributed by atoms with E-state index in [1.54, 1.807) is 12.1 Å². The zero-order valence-corrected chi connectivity index (χ0v) is 49.8. The lowest BCUT2D eigenvalue weighted by Gasteiger charge is -2.51. The summed E-state index contributed by atoms with van der Waals surface area (Å²) in [5.74, 6) is -3.50. The normalized spacial score (nSPS) is 37.7. The fourth-order valence-electron chi connectivity index (χ4n) is 11.4. The van der Waals surface area contributed by atoms with E-state index in [0.717, 1.165) is 53.4 Å². The second-order valence-electron chi connectivity index (χ2n) is 22.6. The van der Waals surface area contributed by atoms with Crippen molar-refractivity contribution in [3.05, 3.63) is 29.8 Å². The van der Waals surface area contributed by atoms with Gasteiger partial charge in [0.1, 0.15) is 128 Å². The predicted octanol–water partition coefficient (Wildman–Crippen LogP) is -6.00. The highest BCUT2D eigenvalue weighted by Gasteiger charge is 2.58. The second-order valence-corrected chi connectivity index (χ2v) is 22.6. The van der Waals surface area contributed by atoms with Crippen molar-refractivity contribution in [1.29, 1.82) is 0 Å². The molecule has 1 aromatic rings. The monoisotopic (exact) mass is 1270 g/mol. The largest absolute Gasteiger partial charge is 0.494 e. The Morgan fingerprint density at radius 3 is 1.15 bits per heavy atom. The van der Waals surface area contributed by atoms with Crippen molar-refractivity contribution < 1.29 is 133 Å². The minimum atomic E-state index is -2.03. The zero-order chi connectivity index (χ0) is 64.5. The number of carbonyl (C=O) groups is 5. The lowest BCUT2D eigenvalue weighted by Crippen LogP contribution is -2.72. The summed E-state index contributed by atoms with van der Waals surface area (Å²) in [4.78, 5) is 64.1. The molecule has 5 saturated heterocycles. The van der Waals surface area contributed by atoms with Gasteiger partial charge in [0.05, 0.1) is 39.6 Å². The molecule has 0 aromatic heterocycles. The molecule has 5 aliphatic rings. The molecular weight excluding hydrogens is 1170 g/mol. The van der Waals surface area contributed by atoms with Crippen molar-refractivity contribution >= 4 is 29.5 Å². The van der Waals surface area contributed by atoms with Crippen LogP contribution in [0.5, 0.6) is 5.75 Å². The van der Waals surface area contributed by atoms with E-state index < -0.39 is 216 Å². The number of amides is 5. The maximum atomic E-state index is 13.9. The van der Waals surface area contributed by atoms with Gasteiger partial charge in [-0.2, -0.15) is 0 Å². The summed E-state index contributed by atoms with van der Waals surface area (Å²) in [6.45, 7) is 2.10. The van der Waals surface area contributed by atoms with Gasteiger partial charge in [0.25, 0.3) is 5.91 Å². The molecule has 1 aromatic carbocycles. The van der Waals surface area contributed by atoms with Gasteiger partial charge in [-0.1, -0.05) is 64.4 Å². The van der Waals surface area contributed by atoms with E-state index in [9.17, 15) is 85.3 Å². The van der Waals surface area contributed by atoms with Crippen LogP contribution in [0.15, 0.2) is 24.3 Å². The number of hydrogen-bond donors (Lipinski definition) is 17. The molecule has 17 N–H and O–H groups in total. The van der Waals surface area contributed by atoms with E-state index in [0.29, 0.717) is 12.4 Å². The molecule has 502 valence electrons. The summed E-state index contributed by atoms with van der Waals surface area (Å²) in [6, 6.07) is -2.10. The van der Waals surface area contributed by atoms with Crippen LogP contribution in [0.2, 0.25) is 0 Å². The predicted molar refractivity (Wildman–Crippen MR) is 297 cm³/mol. The number of aliphatic hydroxyl groups excluding tert-OH is 12. The third-order valence-electron chi connectivity index (χ3n) is 15.9. The third-order valence-corrected chi connectivity index (χ3v) is 15.9. The van der Waals surface area contributed by atoms with Gasteiger partial charge in [-0.3, -0.25) is 24.0 Å². The minimum Gasteiger partial charge on any atom is -0.494 e. The first-order valence-electron chi connectivity index (χ1n) is 29.8. The number of benzene rings is 1. The van der Waals surface area contributed by atoms with Crippen LogP contribution in [0.1, 0.15) is 103 Å². The average Bonchev–Trinajstić information content (AvgIpc) is 1.44. The Bertz CT molecular complexity index is 2350. The van der Waals surface area contributed by atoms with Crippen molar-refractivity contribution in [3.8, 4) is 5.75 Å². The van der Waals surface area contributed by atoms with Crippen LogP contribution in [-0.2, 0) is 61.8 Å². The summed E-state index contributed by atoms with van der Waals surface area (Å²) in [5, 5.41) is 145. The Morgan fingerprint density at radius 1 is 0.420 bits per heavy atom. The van der Waals surface area contributed by atoms with Crippen molar-refractivity contribution in [2.75, 3.05) is 39.6 Å². The standard InChI is InChI=1S/C56H91N5O27/c1-6-7-8-9-10-11-12-13-14-18-79-30-17-15-16-29(19-30)51(77)61-37-42(72)41(71)31(20-62)81-53(37)86-48-33(22-64)83-55(39(44(48)74)59-27(4)69)88-50-35(24-66)84-56(40(46(50)76)60-28(5)70)87-49-34(23-65)82-54(38(45(49)75)58-26(3)68)85-47-32(21-63)80-52(78)36(43(47)73)57-25(2)67/h15-17,19,31-50,52-56,62-66,71-76,78H,6-14,18,20-24H2,1-5H3,(H,57,67)(H,58,68)(H,59,69)(H,60,70)(H,61,77)/t31?,32?,33-,34-,35?,36-,37-,38?,39?,40-,41+,42+,43+,44?,45?,46?,47?,48+,49+,50+,52+,53?,54?,55?,56-/m0/s1. The molecule has 25 atom stereocenters. The number of aliphatic hydroxyl groups is 12. The highest BCUT2D eigenvalue weighted by molar-refractivity contribution is 5.94. The Labute approximate surface area is 508 Å². The molecule has 5 amide bonds. The number of hydrogen-bond acceptors (Lipinski definition) is 27. The molecule has 0 aliphatic carbocycles. The molecule has 0 radical (unpaired) electrons. The first kappa shape index (κ1) is 72.6. The Kier molecular flexibility index (Phi) is 28.7. The maximum absolute atomic E-state index is 13.9. The highest BCUT2D eigenvalue weighted by atomic mass is 16.8. The summed E-state index contributed by atoms with van der Waals surface area (Å²) in [5.41, 5.74) is 0.0716. The topological polar surface area (TPSA) is 481 Å². The van der Waals surface area contributed by atoms with Gasteiger partial charge in [-0.15, -0.1) is 0 Å². The summed E-state index contributed by atoms with van der Waals surface area (Å²) < 4.78 is 59.9. The van der Waals surface area contributed by atoms with E-state index in [1.165, 1.54) is 44.2 Å². The fraction of sp³-hybridized carbons (Fsp3) is 0.804. The Balaban J connectivity index is 1.18. The van der Waals surface area contributed by atoms with Gasteiger partial charge < -0.3 is 135 Å². The van der Waals surface area contributed by atoms with Gasteiger partial charge in [0.15, 0.2) is 31.5 Å². The number of ether oxygens (including phenoxy) is 10. The van der Waals surface area contributed by atoms with E-state index in [-0.39, 0.29) is 5.56 Å². The molecule has 0 bridgehead atoms. The Morgan fingerprint density at radius 2 is 0.761 bits per heavy atom. The molecule has 5 fully saturated rings. The van der Waals surface area contributed by atoms with E-state index >= 15 is 0 Å². The molecular formula is C56H91N5O27. The smallest absolute Gasteiger partial charge is 0.251 e. The first-order chi connectivity index (χ1) is 42.0. The number of carbonyl (C=O) groups excluding carboxylic acids is 5. The van der Waals surface area contributed by atoms with Crippen LogP contribution in [0, 0.1) is 0 Å². The van der Waals surface area contributed by atoms with Crippen LogP contribution in [0.3, 0.4) is 0 Å². The maximum Gasteiger partial charge on any atom is 0.251 e. The van der Waals surface area contributed by atoms with Crippen LogP contribution < -0.4 is 31.3 Å². The van der Waals surface area contributed by atoms with Crippen molar-refractivity contribution in [3.63, 3.8) is 0 Å². The van der Waals surface area contributed by atoms with Crippen LogP contribution in [0.4, 0.5) is 0 Å². The van der Waals surface area contributed by atoms with Crippen LogP contribution in [-0.4, -0.2) is 284 Å². The fourth-order valence-corrected chi connectivity index (χ4v) is 11.4. The van der Waals surface area contributed by atoms with Gasteiger partial charge in [-0.25, -0.2) is 0 Å². The number of nitrogens with one attached hydrogen (secondary N) is 5. The van der Waals surface area contributed by atoms with E-state index in [4.69, 9.17) is 47.4 Å². The number of unbranched alkanes of at least 4 members (excludes halogenated alkanes) is 8. The van der Waals surface area contributed by atoms with Crippen molar-refractivity contribution in [2.24, 2.45) is 0 Å². The highest BCUT2D eigenvalue weighted by Crippen LogP contribution is 2.36. The SMILES string of the molecule is CCCCCCCCCCCOc1cccc(C(=O)N[C@@H]2C(O[C@H]3C(O)C(NC(C)=O)C(O[C@@H]4C(CO)O[C@@H](O[C@H]5C(O)C(NC(C)=O)C(OC6C(CO)O[C@@H](O)[C@@H](NC(C)=O)[C@H]6O)O[C@H]5CO)[C@@H](NC(C)=O)C4O)O[C@H]3CO)OC(CO)[C@@H](O)[C@@H]2O)c1. The average molecular weight is 1270 g/mol. The Hall–Kier alpha value is -4.47. The van der Waals surface area contributed by atoms with Gasteiger partial charge in [-0.05, 0) is 24.6 Å². The molecule has 5 aliphatic heterocycles. The second kappa shape index (κ2) is 34.8. The van der Waals surface area contributed by atoms with Crippen LogP contribution in [0.25, 0.3) is 0 Å². The molecule has 88 heavy (non-hydrogen) atoms. The van der Waals surface area contributed by atoms with Crippen LogP contribution >= 0.6 is 0 Å². The zero-order valence-electron chi connectivity index (χ0n) is 49.8. The molecule has 32 nitrogen and oxygen atoms in total. The van der Waals surface area contributed by atoms with E-state index in [1.807, 2.05) is 0 Å². The van der Waals surface area contributed by atoms with Crippen molar-refractivity contribution in [1.82, 2.24) is 26.6 Å². The lowest BCUT2D eigenvalue weighted by atomic mass is 9.93. The van der Waals surface area contributed by atoms with Crippen molar-refractivity contribution in [2.45, 2.75) is 246 Å². The molecule has 32 heteroatoms. The summed E-state index contributed by atoms with van der Waals surface area (Å²) in [6.07, 6.45) is -25.8. The van der Waals surface area contributed by atoms with Gasteiger partial charge in [0.2, 0.25) is 23.6 Å². The minimum absolute atomic E-state index is 0.0716. The first-order valence-corrected chi connectivity index (χ1v) is 29.8. The van der Waals surface area contributed by atoms with Gasteiger partial charge in [0, 0.05) is 33.3 Å². The number of rotatable bonds is 30. The molecule has 6 rings (SSSR count). The summed E-state index contributed by atoms with van der Waals surface area (Å²) >= 11 is 0. The molecule has 5 heterocycles. The quantitative estimate of drug-likeness (QED) is 0.0319. The van der Waals surface area contributed by atoms with Gasteiger partial charge >= 0.3 is 0 Å². The van der Waals surface area contributed by atoms with E-state index in [2.05, 4.69) is 33.5 Å². The third kappa shape index (κ3) is 18.8. The summed E-state index contributed by atoms with van der Waals surface area (Å²) in [7, 11) is 0. The lowest BCUT2D eigenvalue weighted by molar-refractivity contribution is -0.367. The molecule has 12 unspecified atom stereocenters.